The molecular formula is C23H24O3S2. The van der Waals surface area contributed by atoms with E-state index in [0.717, 1.165) is 35.5 Å². The predicted molar refractivity (Wildman–Crippen MR) is 118 cm³/mol. The fraction of sp³-hybridized carbons (Fsp3) is 0.348. The molecule has 1 aliphatic rings. The summed E-state index contributed by atoms with van der Waals surface area (Å²) in [6, 6.07) is 13.9. The molecule has 146 valence electrons. The number of thioether (sulfide) groups is 2. The van der Waals surface area contributed by atoms with Crippen LogP contribution in [0.2, 0.25) is 0 Å². The van der Waals surface area contributed by atoms with Crippen molar-refractivity contribution in [3.05, 3.63) is 64.7 Å². The van der Waals surface area contributed by atoms with Crippen LogP contribution in [0.1, 0.15) is 35.6 Å². The lowest BCUT2D eigenvalue weighted by Crippen LogP contribution is -2.26. The summed E-state index contributed by atoms with van der Waals surface area (Å²) in [6.45, 7) is 2.95. The zero-order valence-corrected chi connectivity index (χ0v) is 18.0. The van der Waals surface area contributed by atoms with Crippen LogP contribution >= 0.6 is 23.5 Å². The van der Waals surface area contributed by atoms with E-state index in [1.165, 1.54) is 5.56 Å². The molecule has 0 saturated heterocycles. The average molecular weight is 413 g/mol. The SMILES string of the molecule is CCOC(=O)Cc1cccc(C#Cc2ccc3c(c2)C(SC)(SC)CCO3)c1. The number of carbonyl (C=O) groups excluding carboxylic acids is 1. The van der Waals surface area contributed by atoms with Gasteiger partial charge in [-0.3, -0.25) is 4.79 Å². The van der Waals surface area contributed by atoms with E-state index in [1.54, 1.807) is 0 Å². The van der Waals surface area contributed by atoms with Gasteiger partial charge >= 0.3 is 5.97 Å². The summed E-state index contributed by atoms with van der Waals surface area (Å²) in [5.74, 6) is 7.22. The van der Waals surface area contributed by atoms with Crippen molar-refractivity contribution < 1.29 is 14.3 Å². The van der Waals surface area contributed by atoms with Gasteiger partial charge in [-0.2, -0.15) is 0 Å². The zero-order valence-electron chi connectivity index (χ0n) is 16.4. The Kier molecular flexibility index (Phi) is 6.98. The van der Waals surface area contributed by atoms with Crippen LogP contribution in [0, 0.1) is 11.8 Å². The van der Waals surface area contributed by atoms with Gasteiger partial charge in [-0.25, -0.2) is 0 Å². The summed E-state index contributed by atoms with van der Waals surface area (Å²) in [7, 11) is 0. The van der Waals surface area contributed by atoms with Gasteiger partial charge in [0.2, 0.25) is 0 Å². The summed E-state index contributed by atoms with van der Waals surface area (Å²) >= 11 is 3.72. The quantitative estimate of drug-likeness (QED) is 0.398. The fourth-order valence-electron chi connectivity index (χ4n) is 3.25. The van der Waals surface area contributed by atoms with E-state index in [9.17, 15) is 4.79 Å². The third kappa shape index (κ3) is 4.68. The van der Waals surface area contributed by atoms with Crippen molar-refractivity contribution in [3.63, 3.8) is 0 Å². The van der Waals surface area contributed by atoms with Gasteiger partial charge in [0.1, 0.15) is 5.75 Å². The third-order valence-corrected chi connectivity index (χ3v) is 7.84. The minimum absolute atomic E-state index is 0.0187. The molecule has 5 heteroatoms. The molecule has 3 rings (SSSR count). The topological polar surface area (TPSA) is 35.5 Å². The Morgan fingerprint density at radius 1 is 1.14 bits per heavy atom. The predicted octanol–water partition coefficient (Wildman–Crippen LogP) is 4.85. The van der Waals surface area contributed by atoms with Gasteiger partial charge in [-0.05, 0) is 55.3 Å². The molecule has 0 aliphatic carbocycles. The van der Waals surface area contributed by atoms with Crippen molar-refractivity contribution in [2.75, 3.05) is 25.7 Å². The Morgan fingerprint density at radius 3 is 2.61 bits per heavy atom. The number of hydrogen-bond acceptors (Lipinski definition) is 5. The second-order valence-corrected chi connectivity index (χ2v) is 8.87. The smallest absolute Gasteiger partial charge is 0.310 e. The number of benzene rings is 2. The van der Waals surface area contributed by atoms with Crippen molar-refractivity contribution in [3.8, 4) is 17.6 Å². The molecule has 1 aliphatic heterocycles. The van der Waals surface area contributed by atoms with Gasteiger partial charge in [0.05, 0.1) is 23.7 Å². The summed E-state index contributed by atoms with van der Waals surface area (Å²) in [6.07, 6.45) is 5.55. The Balaban J connectivity index is 1.84. The van der Waals surface area contributed by atoms with E-state index in [0.29, 0.717) is 6.61 Å². The summed E-state index contributed by atoms with van der Waals surface area (Å²) in [4.78, 5) is 11.7. The molecular weight excluding hydrogens is 388 g/mol. The minimum Gasteiger partial charge on any atom is -0.493 e. The molecule has 1 heterocycles. The van der Waals surface area contributed by atoms with Gasteiger partial charge in [0.25, 0.3) is 0 Å². The lowest BCUT2D eigenvalue weighted by atomic mass is 10.0. The van der Waals surface area contributed by atoms with Crippen LogP contribution in [0.15, 0.2) is 42.5 Å². The first kappa shape index (κ1) is 20.7. The first-order valence-electron chi connectivity index (χ1n) is 9.24. The van der Waals surface area contributed by atoms with E-state index in [2.05, 4.69) is 30.4 Å². The Labute approximate surface area is 175 Å². The maximum Gasteiger partial charge on any atom is 0.310 e. The van der Waals surface area contributed by atoms with E-state index >= 15 is 0 Å². The van der Waals surface area contributed by atoms with Crippen molar-refractivity contribution in [2.24, 2.45) is 0 Å². The summed E-state index contributed by atoms with van der Waals surface area (Å²) in [5, 5.41) is 0. The first-order chi connectivity index (χ1) is 13.6. The maximum atomic E-state index is 11.7. The highest BCUT2D eigenvalue weighted by Gasteiger charge is 2.36. The van der Waals surface area contributed by atoms with Crippen LogP contribution in [0.25, 0.3) is 0 Å². The summed E-state index contributed by atoms with van der Waals surface area (Å²) in [5.41, 5.74) is 3.97. The second-order valence-electron chi connectivity index (χ2n) is 6.40. The first-order valence-corrected chi connectivity index (χ1v) is 11.7. The van der Waals surface area contributed by atoms with Gasteiger partial charge < -0.3 is 9.47 Å². The van der Waals surface area contributed by atoms with Crippen LogP contribution < -0.4 is 4.74 Å². The van der Waals surface area contributed by atoms with Gasteiger partial charge in [-0.1, -0.05) is 24.0 Å². The molecule has 0 aromatic heterocycles. The maximum absolute atomic E-state index is 11.7. The van der Waals surface area contributed by atoms with Crippen molar-refractivity contribution >= 4 is 29.5 Å². The summed E-state index contributed by atoms with van der Waals surface area (Å²) < 4.78 is 10.9. The lowest BCUT2D eigenvalue weighted by Gasteiger charge is -2.36. The Bertz CT molecular complexity index is 908. The molecule has 0 unspecified atom stereocenters. The van der Waals surface area contributed by atoms with Crippen molar-refractivity contribution in [2.45, 2.75) is 23.8 Å². The van der Waals surface area contributed by atoms with E-state index in [4.69, 9.17) is 9.47 Å². The van der Waals surface area contributed by atoms with Gasteiger partial charge in [0, 0.05) is 23.1 Å². The highest BCUT2D eigenvalue weighted by molar-refractivity contribution is 8.16. The molecule has 3 nitrogen and oxygen atoms in total. The molecule has 0 saturated carbocycles. The van der Waals surface area contributed by atoms with E-state index in [-0.39, 0.29) is 16.5 Å². The van der Waals surface area contributed by atoms with Crippen LogP contribution in [-0.4, -0.2) is 31.7 Å². The van der Waals surface area contributed by atoms with Crippen LogP contribution in [0.3, 0.4) is 0 Å². The average Bonchev–Trinajstić information content (AvgIpc) is 2.72. The van der Waals surface area contributed by atoms with Gasteiger partial charge in [0.15, 0.2) is 0 Å². The molecule has 28 heavy (non-hydrogen) atoms. The van der Waals surface area contributed by atoms with E-state index < -0.39 is 0 Å². The van der Waals surface area contributed by atoms with Crippen molar-refractivity contribution in [1.82, 2.24) is 0 Å². The Morgan fingerprint density at radius 2 is 1.89 bits per heavy atom. The normalized spacial score (nSPS) is 14.2. The van der Waals surface area contributed by atoms with Crippen LogP contribution in [0.5, 0.6) is 5.75 Å². The number of rotatable bonds is 5. The largest absolute Gasteiger partial charge is 0.493 e. The highest BCUT2D eigenvalue weighted by Crippen LogP contribution is 2.52. The molecule has 2 aromatic rings. The minimum atomic E-state index is -0.215. The monoisotopic (exact) mass is 412 g/mol. The van der Waals surface area contributed by atoms with Crippen LogP contribution in [-0.2, 0) is 20.0 Å². The van der Waals surface area contributed by atoms with Gasteiger partial charge in [-0.15, -0.1) is 23.5 Å². The third-order valence-electron chi connectivity index (χ3n) is 4.67. The molecule has 0 N–H and O–H groups in total. The van der Waals surface area contributed by atoms with E-state index in [1.807, 2.05) is 66.8 Å². The zero-order chi connectivity index (χ0) is 20.0. The molecule has 2 aromatic carbocycles. The molecule has 0 amide bonds. The Hall–Kier alpha value is -2.03. The molecule has 0 fully saturated rings. The fourth-order valence-corrected chi connectivity index (χ4v) is 5.25. The van der Waals surface area contributed by atoms with Crippen LogP contribution in [0.4, 0.5) is 0 Å². The molecule has 0 spiro atoms. The highest BCUT2D eigenvalue weighted by atomic mass is 32.2. The lowest BCUT2D eigenvalue weighted by molar-refractivity contribution is -0.142. The van der Waals surface area contributed by atoms with Crippen molar-refractivity contribution in [1.29, 1.82) is 0 Å². The number of carbonyl (C=O) groups is 1. The molecule has 0 radical (unpaired) electrons. The number of ether oxygens (including phenoxy) is 2. The number of esters is 1. The molecule has 0 atom stereocenters. The standard InChI is InChI=1S/C23H24O3S2/c1-4-25-22(24)16-19-7-5-6-17(14-19)8-9-18-10-11-21-20(15-18)23(27-2,28-3)12-13-26-21/h5-7,10-11,14-15H,4,12-13,16H2,1-3H3. The number of fused-ring (bicyclic) bond motifs is 1. The number of hydrogen-bond donors (Lipinski definition) is 0. The molecule has 0 bridgehead atoms. The second kappa shape index (κ2) is 9.45.